The van der Waals surface area contributed by atoms with Crippen molar-refractivity contribution in [1.29, 1.82) is 0 Å². The van der Waals surface area contributed by atoms with Crippen molar-refractivity contribution in [3.63, 3.8) is 0 Å². The number of hydrogen-bond acceptors (Lipinski definition) is 1. The van der Waals surface area contributed by atoms with Gasteiger partial charge in [-0.2, -0.15) is 0 Å². The molecule has 0 saturated carbocycles. The lowest BCUT2D eigenvalue weighted by atomic mass is 10.0. The average Bonchev–Trinajstić information content (AvgIpc) is 2.45. The fourth-order valence-corrected chi connectivity index (χ4v) is 2.13. The molecule has 0 fully saturated rings. The van der Waals surface area contributed by atoms with Crippen molar-refractivity contribution < 1.29 is 0 Å². The van der Waals surface area contributed by atoms with Gasteiger partial charge >= 0.3 is 0 Å². The van der Waals surface area contributed by atoms with Crippen LogP contribution in [0.3, 0.4) is 0 Å². The summed E-state index contributed by atoms with van der Waals surface area (Å²) in [5.41, 5.74) is 5.38. The van der Waals surface area contributed by atoms with Crippen molar-refractivity contribution in [1.82, 2.24) is 5.32 Å². The van der Waals surface area contributed by atoms with E-state index in [0.717, 1.165) is 13.1 Å². The zero-order chi connectivity index (χ0) is 13.5. The van der Waals surface area contributed by atoms with Gasteiger partial charge < -0.3 is 5.32 Å². The van der Waals surface area contributed by atoms with Gasteiger partial charge in [-0.3, -0.25) is 0 Å². The summed E-state index contributed by atoms with van der Waals surface area (Å²) in [6, 6.07) is 21.1. The zero-order valence-corrected chi connectivity index (χ0v) is 11.7. The summed E-state index contributed by atoms with van der Waals surface area (Å²) in [7, 11) is 0. The minimum Gasteiger partial charge on any atom is -0.309 e. The van der Waals surface area contributed by atoms with E-state index in [4.69, 9.17) is 0 Å². The molecule has 98 valence electrons. The molecule has 2 aromatic carbocycles. The van der Waals surface area contributed by atoms with Gasteiger partial charge in [-0.25, -0.2) is 0 Å². The van der Waals surface area contributed by atoms with Crippen molar-refractivity contribution in [3.8, 4) is 0 Å². The van der Waals surface area contributed by atoms with E-state index >= 15 is 0 Å². The normalized spacial score (nSPS) is 10.2. The van der Waals surface area contributed by atoms with E-state index < -0.39 is 0 Å². The third kappa shape index (κ3) is 4.08. The van der Waals surface area contributed by atoms with Crippen LogP contribution in [0.15, 0.2) is 66.2 Å². The maximum atomic E-state index is 3.52. The van der Waals surface area contributed by atoms with E-state index in [9.17, 15) is 0 Å². The Bertz CT molecular complexity index is 522. The molecule has 0 atom stereocenters. The van der Waals surface area contributed by atoms with Crippen LogP contribution in [0.1, 0.15) is 25.0 Å². The van der Waals surface area contributed by atoms with Crippen LogP contribution >= 0.6 is 0 Å². The topological polar surface area (TPSA) is 12.0 Å². The van der Waals surface area contributed by atoms with E-state index in [1.165, 1.54) is 22.3 Å². The van der Waals surface area contributed by atoms with Gasteiger partial charge in [0.25, 0.3) is 0 Å². The van der Waals surface area contributed by atoms with Crippen LogP contribution < -0.4 is 5.32 Å². The minimum absolute atomic E-state index is 0.904. The Morgan fingerprint density at radius 2 is 1.42 bits per heavy atom. The maximum Gasteiger partial charge on any atom is 0.0213 e. The highest BCUT2D eigenvalue weighted by Crippen LogP contribution is 2.17. The first-order valence-corrected chi connectivity index (χ1v) is 6.74. The van der Waals surface area contributed by atoms with Crippen molar-refractivity contribution in [2.24, 2.45) is 0 Å². The molecule has 2 rings (SSSR count). The van der Waals surface area contributed by atoms with Crippen LogP contribution in [0.4, 0.5) is 0 Å². The largest absolute Gasteiger partial charge is 0.309 e. The molecule has 0 aromatic heterocycles. The number of hydrogen-bond donors (Lipinski definition) is 1. The Morgan fingerprint density at radius 1 is 0.842 bits per heavy atom. The summed E-state index contributed by atoms with van der Waals surface area (Å²) >= 11 is 0. The molecule has 0 heterocycles. The average molecular weight is 251 g/mol. The fraction of sp³-hybridized carbons (Fsp3) is 0.222. The van der Waals surface area contributed by atoms with Crippen molar-refractivity contribution >= 4 is 5.57 Å². The number of benzene rings is 2. The second-order valence-electron chi connectivity index (χ2n) is 4.93. The molecule has 19 heavy (non-hydrogen) atoms. The van der Waals surface area contributed by atoms with Crippen LogP contribution in [0.5, 0.6) is 0 Å². The molecule has 0 aliphatic rings. The van der Waals surface area contributed by atoms with E-state index in [1.54, 1.807) is 0 Å². The van der Waals surface area contributed by atoms with Crippen LogP contribution in [-0.2, 0) is 6.54 Å². The van der Waals surface area contributed by atoms with Crippen LogP contribution in [-0.4, -0.2) is 6.54 Å². The molecule has 0 aliphatic carbocycles. The zero-order valence-electron chi connectivity index (χ0n) is 11.7. The van der Waals surface area contributed by atoms with E-state index in [0.29, 0.717) is 0 Å². The summed E-state index contributed by atoms with van der Waals surface area (Å²) in [6.07, 6.45) is 0. The minimum atomic E-state index is 0.904. The standard InChI is InChI=1S/C18H21N/c1-15(2)18(17-11-7-4-8-12-17)14-19-13-16-9-5-3-6-10-16/h3-12,19H,13-14H2,1-2H3. The molecule has 0 aliphatic heterocycles. The van der Waals surface area contributed by atoms with Gasteiger partial charge in [0.05, 0.1) is 0 Å². The van der Waals surface area contributed by atoms with Gasteiger partial charge in [0.1, 0.15) is 0 Å². The molecule has 0 unspecified atom stereocenters. The van der Waals surface area contributed by atoms with Gasteiger partial charge in [0.15, 0.2) is 0 Å². The van der Waals surface area contributed by atoms with Crippen LogP contribution in [0.2, 0.25) is 0 Å². The fourth-order valence-electron chi connectivity index (χ4n) is 2.13. The molecule has 1 heteroatoms. The van der Waals surface area contributed by atoms with E-state index in [2.05, 4.69) is 79.8 Å². The van der Waals surface area contributed by atoms with Crippen LogP contribution in [0, 0.1) is 0 Å². The third-order valence-electron chi connectivity index (χ3n) is 3.20. The lowest BCUT2D eigenvalue weighted by molar-refractivity contribution is 0.765. The molecule has 0 saturated heterocycles. The monoisotopic (exact) mass is 251 g/mol. The van der Waals surface area contributed by atoms with Gasteiger partial charge in [-0.15, -0.1) is 0 Å². The molecule has 0 radical (unpaired) electrons. The number of allylic oxidation sites excluding steroid dienone is 1. The molecule has 2 aromatic rings. The molecule has 0 amide bonds. The molecule has 1 nitrogen and oxygen atoms in total. The Hall–Kier alpha value is -1.86. The second-order valence-corrected chi connectivity index (χ2v) is 4.93. The highest BCUT2D eigenvalue weighted by Gasteiger charge is 2.02. The molecule has 0 bridgehead atoms. The lowest BCUT2D eigenvalue weighted by Crippen LogP contribution is -2.16. The Kier molecular flexibility index (Phi) is 4.93. The molecular weight excluding hydrogens is 230 g/mol. The van der Waals surface area contributed by atoms with E-state index in [1.807, 2.05) is 0 Å². The first-order valence-electron chi connectivity index (χ1n) is 6.74. The summed E-state index contributed by atoms with van der Waals surface area (Å²) in [5, 5.41) is 3.52. The Labute approximate surface area is 116 Å². The van der Waals surface area contributed by atoms with Crippen LogP contribution in [0.25, 0.3) is 5.57 Å². The predicted molar refractivity (Wildman–Crippen MR) is 82.9 cm³/mol. The maximum absolute atomic E-state index is 3.52. The van der Waals surface area contributed by atoms with Crippen molar-refractivity contribution in [2.75, 3.05) is 6.54 Å². The van der Waals surface area contributed by atoms with Gasteiger partial charge in [0.2, 0.25) is 0 Å². The quantitative estimate of drug-likeness (QED) is 0.836. The Balaban J connectivity index is 1.98. The molecule has 1 N–H and O–H groups in total. The van der Waals surface area contributed by atoms with E-state index in [-0.39, 0.29) is 0 Å². The molecular formula is C18H21N. The van der Waals surface area contributed by atoms with Gasteiger partial charge in [-0.1, -0.05) is 66.2 Å². The first-order chi connectivity index (χ1) is 9.27. The highest BCUT2D eigenvalue weighted by molar-refractivity contribution is 5.69. The summed E-state index contributed by atoms with van der Waals surface area (Å²) in [4.78, 5) is 0. The van der Waals surface area contributed by atoms with Crippen molar-refractivity contribution in [2.45, 2.75) is 20.4 Å². The summed E-state index contributed by atoms with van der Waals surface area (Å²) in [5.74, 6) is 0. The SMILES string of the molecule is CC(C)=C(CNCc1ccccc1)c1ccccc1. The van der Waals surface area contributed by atoms with Crippen molar-refractivity contribution in [3.05, 3.63) is 77.4 Å². The van der Waals surface area contributed by atoms with Gasteiger partial charge in [-0.05, 0) is 30.5 Å². The summed E-state index contributed by atoms with van der Waals surface area (Å²) in [6.45, 7) is 6.16. The number of rotatable bonds is 5. The predicted octanol–water partition coefficient (Wildman–Crippen LogP) is 4.27. The Morgan fingerprint density at radius 3 is 2.00 bits per heavy atom. The second kappa shape index (κ2) is 6.91. The smallest absolute Gasteiger partial charge is 0.0213 e. The third-order valence-corrected chi connectivity index (χ3v) is 3.20. The summed E-state index contributed by atoms with van der Waals surface area (Å²) < 4.78 is 0. The molecule has 0 spiro atoms. The lowest BCUT2D eigenvalue weighted by Gasteiger charge is -2.12. The van der Waals surface area contributed by atoms with Gasteiger partial charge in [0, 0.05) is 13.1 Å². The number of nitrogens with one attached hydrogen (secondary N) is 1. The highest BCUT2D eigenvalue weighted by atomic mass is 14.8. The first kappa shape index (κ1) is 13.6.